The fourth-order valence-corrected chi connectivity index (χ4v) is 2.96. The molecule has 0 aliphatic carbocycles. The van der Waals surface area contributed by atoms with E-state index in [0.717, 1.165) is 17.1 Å². The zero-order chi connectivity index (χ0) is 17.0. The van der Waals surface area contributed by atoms with Crippen LogP contribution in [0, 0.1) is 0 Å². The van der Waals surface area contributed by atoms with Crippen molar-refractivity contribution in [3.63, 3.8) is 0 Å². The summed E-state index contributed by atoms with van der Waals surface area (Å²) in [6, 6.07) is 4.97. The van der Waals surface area contributed by atoms with Gasteiger partial charge < -0.3 is 4.74 Å². The molecule has 2 rings (SSSR count). The average molecular weight is 354 g/mol. The van der Waals surface area contributed by atoms with Gasteiger partial charge in [-0.2, -0.15) is 11.8 Å². The molecular weight excluding hydrogens is 334 g/mol. The van der Waals surface area contributed by atoms with E-state index >= 15 is 0 Å². The molecule has 1 fully saturated rings. The van der Waals surface area contributed by atoms with Crippen molar-refractivity contribution in [2.45, 2.75) is 27.2 Å². The quantitative estimate of drug-likeness (QED) is 0.439. The van der Waals surface area contributed by atoms with Crippen molar-refractivity contribution in [2.75, 3.05) is 23.0 Å². The van der Waals surface area contributed by atoms with E-state index in [0.29, 0.717) is 28.6 Å². The molecule has 0 N–H and O–H groups in total. The van der Waals surface area contributed by atoms with E-state index in [4.69, 9.17) is 16.3 Å². The molecule has 1 aliphatic heterocycles. The number of ether oxygens (including phenoxy) is 1. The lowest BCUT2D eigenvalue weighted by Gasteiger charge is -2.16. The number of nitrogens with zero attached hydrogens (tertiary/aromatic N) is 1. The molecule has 0 bridgehead atoms. The van der Waals surface area contributed by atoms with Gasteiger partial charge in [0.15, 0.2) is 0 Å². The number of benzene rings is 1. The molecule has 1 saturated heterocycles. The van der Waals surface area contributed by atoms with E-state index in [1.165, 1.54) is 4.90 Å². The van der Waals surface area contributed by atoms with Crippen molar-refractivity contribution in [3.8, 4) is 5.75 Å². The fourth-order valence-electron chi connectivity index (χ4n) is 2.30. The molecule has 0 saturated carbocycles. The van der Waals surface area contributed by atoms with Gasteiger partial charge in [-0.05, 0) is 31.7 Å². The van der Waals surface area contributed by atoms with E-state index in [1.54, 1.807) is 30.0 Å². The lowest BCUT2D eigenvalue weighted by atomic mass is 10.1. The molecule has 124 valence electrons. The summed E-state index contributed by atoms with van der Waals surface area (Å²) < 4.78 is 5.67. The topological polar surface area (TPSA) is 46.6 Å². The summed E-state index contributed by atoms with van der Waals surface area (Å²) in [4.78, 5) is 25.8. The summed E-state index contributed by atoms with van der Waals surface area (Å²) in [6.07, 6.45) is 0.146. The minimum absolute atomic E-state index is 0.146. The third-order valence-electron chi connectivity index (χ3n) is 3.50. The second-order valence-corrected chi connectivity index (χ2v) is 7.15. The number of thioether (sulfide) groups is 1. The molecule has 0 aromatic heterocycles. The molecule has 1 aromatic carbocycles. The summed E-state index contributed by atoms with van der Waals surface area (Å²) in [7, 11) is 0. The number of carbonyl (C=O) groups is 2. The Kier molecular flexibility index (Phi) is 6.13. The highest BCUT2D eigenvalue weighted by atomic mass is 35.5. The molecular formula is C17H20ClNO3S. The van der Waals surface area contributed by atoms with Gasteiger partial charge >= 0.3 is 0 Å². The fraction of sp³-hybridized carbons (Fsp3) is 0.412. The summed E-state index contributed by atoms with van der Waals surface area (Å²) in [6.45, 7) is 6.30. The second-order valence-electron chi connectivity index (χ2n) is 5.35. The van der Waals surface area contributed by atoms with Crippen LogP contribution < -0.4 is 9.64 Å². The molecule has 0 radical (unpaired) electrons. The number of allylic oxidation sites excluding steroid dienone is 1. The Bertz CT molecular complexity index is 653. The number of carbonyl (C=O) groups excluding carboxylic acids is 2. The maximum atomic E-state index is 12.4. The SMILES string of the molecule is CCSCCOc1cc(N2C(=O)CC(=C(C)C)C2=O)ccc1Cl. The Morgan fingerprint density at radius 3 is 2.70 bits per heavy atom. The molecule has 1 heterocycles. The zero-order valence-electron chi connectivity index (χ0n) is 13.5. The summed E-state index contributed by atoms with van der Waals surface area (Å²) in [5.41, 5.74) is 1.93. The summed E-state index contributed by atoms with van der Waals surface area (Å²) in [5, 5.41) is 0.469. The van der Waals surface area contributed by atoms with Gasteiger partial charge in [0.25, 0.3) is 5.91 Å². The number of hydrogen-bond acceptors (Lipinski definition) is 4. The lowest BCUT2D eigenvalue weighted by molar-refractivity contribution is -0.120. The van der Waals surface area contributed by atoms with Gasteiger partial charge in [0.1, 0.15) is 5.75 Å². The number of amides is 2. The maximum Gasteiger partial charge on any atom is 0.261 e. The first-order chi connectivity index (χ1) is 11.0. The smallest absolute Gasteiger partial charge is 0.261 e. The Labute approximate surface area is 145 Å². The molecule has 0 spiro atoms. The molecule has 4 nitrogen and oxygen atoms in total. The number of anilines is 1. The van der Waals surface area contributed by atoms with Crippen LogP contribution in [0.1, 0.15) is 27.2 Å². The standard InChI is InChI=1S/C17H20ClNO3S/c1-4-23-8-7-22-15-9-12(5-6-14(15)18)19-16(20)10-13(11(2)3)17(19)21/h5-6,9H,4,7-8,10H2,1-3H3. The average Bonchev–Trinajstić information content (AvgIpc) is 2.81. The van der Waals surface area contributed by atoms with E-state index < -0.39 is 0 Å². The number of imide groups is 1. The van der Waals surface area contributed by atoms with Crippen LogP contribution in [-0.2, 0) is 9.59 Å². The van der Waals surface area contributed by atoms with E-state index in [2.05, 4.69) is 6.92 Å². The minimum atomic E-state index is -0.259. The predicted octanol–water partition coefficient (Wildman–Crippen LogP) is 4.07. The van der Waals surface area contributed by atoms with Gasteiger partial charge in [-0.1, -0.05) is 24.1 Å². The first-order valence-corrected chi connectivity index (χ1v) is 9.02. The molecule has 23 heavy (non-hydrogen) atoms. The molecule has 2 amide bonds. The van der Waals surface area contributed by atoms with Crippen molar-refractivity contribution in [3.05, 3.63) is 34.4 Å². The van der Waals surface area contributed by atoms with Gasteiger partial charge in [-0.25, -0.2) is 4.90 Å². The van der Waals surface area contributed by atoms with E-state index in [-0.39, 0.29) is 18.2 Å². The van der Waals surface area contributed by atoms with Crippen LogP contribution in [0.4, 0.5) is 5.69 Å². The first-order valence-electron chi connectivity index (χ1n) is 7.49. The normalized spacial score (nSPS) is 14.6. The number of hydrogen-bond donors (Lipinski definition) is 0. The second kappa shape index (κ2) is 7.88. The van der Waals surface area contributed by atoms with Crippen LogP contribution >= 0.6 is 23.4 Å². The van der Waals surface area contributed by atoms with Gasteiger partial charge in [-0.3, -0.25) is 9.59 Å². The predicted molar refractivity (Wildman–Crippen MR) is 95.4 cm³/mol. The van der Waals surface area contributed by atoms with Crippen LogP contribution in [0.3, 0.4) is 0 Å². The molecule has 6 heteroatoms. The Morgan fingerprint density at radius 1 is 1.35 bits per heavy atom. The Morgan fingerprint density at radius 2 is 2.09 bits per heavy atom. The summed E-state index contributed by atoms with van der Waals surface area (Å²) >= 11 is 7.91. The molecule has 1 aromatic rings. The van der Waals surface area contributed by atoms with Crippen LogP contribution in [0.2, 0.25) is 5.02 Å². The Balaban J connectivity index is 2.22. The van der Waals surface area contributed by atoms with Gasteiger partial charge in [0.05, 0.1) is 23.7 Å². The van der Waals surface area contributed by atoms with Crippen molar-refractivity contribution >= 4 is 40.9 Å². The van der Waals surface area contributed by atoms with Crippen LogP contribution in [0.5, 0.6) is 5.75 Å². The first kappa shape index (κ1) is 17.9. The third kappa shape index (κ3) is 4.09. The zero-order valence-corrected chi connectivity index (χ0v) is 15.1. The van der Waals surface area contributed by atoms with Crippen LogP contribution in [0.15, 0.2) is 29.3 Å². The monoisotopic (exact) mass is 353 g/mol. The van der Waals surface area contributed by atoms with Crippen molar-refractivity contribution in [2.24, 2.45) is 0 Å². The van der Waals surface area contributed by atoms with Crippen molar-refractivity contribution in [1.82, 2.24) is 0 Å². The summed E-state index contributed by atoms with van der Waals surface area (Å²) in [5.74, 6) is 1.90. The van der Waals surface area contributed by atoms with Gasteiger partial charge in [0.2, 0.25) is 5.91 Å². The van der Waals surface area contributed by atoms with Crippen LogP contribution in [-0.4, -0.2) is 29.9 Å². The van der Waals surface area contributed by atoms with Gasteiger partial charge in [-0.15, -0.1) is 0 Å². The highest BCUT2D eigenvalue weighted by Crippen LogP contribution is 2.33. The van der Waals surface area contributed by atoms with E-state index in [9.17, 15) is 9.59 Å². The van der Waals surface area contributed by atoms with Crippen LogP contribution in [0.25, 0.3) is 0 Å². The number of rotatable bonds is 6. The van der Waals surface area contributed by atoms with Crippen molar-refractivity contribution < 1.29 is 14.3 Å². The molecule has 0 atom stereocenters. The number of halogens is 1. The molecule has 0 unspecified atom stereocenters. The minimum Gasteiger partial charge on any atom is -0.491 e. The largest absolute Gasteiger partial charge is 0.491 e. The van der Waals surface area contributed by atoms with E-state index in [1.807, 2.05) is 13.8 Å². The maximum absolute atomic E-state index is 12.4. The third-order valence-corrected chi connectivity index (χ3v) is 4.68. The van der Waals surface area contributed by atoms with Gasteiger partial charge in [0, 0.05) is 17.4 Å². The Hall–Kier alpha value is -1.46. The van der Waals surface area contributed by atoms with Crippen molar-refractivity contribution in [1.29, 1.82) is 0 Å². The molecule has 1 aliphatic rings. The lowest BCUT2D eigenvalue weighted by Crippen LogP contribution is -2.29. The highest BCUT2D eigenvalue weighted by molar-refractivity contribution is 7.99. The highest BCUT2D eigenvalue weighted by Gasteiger charge is 2.35.